The Morgan fingerprint density at radius 2 is 1.22 bits per heavy atom. The minimum Gasteiger partial charge on any atom is -0.469 e. The average Bonchev–Trinajstić information content (AvgIpc) is 2.69. The van der Waals surface area contributed by atoms with Gasteiger partial charge >= 0.3 is 13.6 Å². The molecule has 2 aliphatic rings. The van der Waals surface area contributed by atoms with E-state index >= 15 is 0 Å². The topological polar surface area (TPSA) is 78.9 Å². The Bertz CT molecular complexity index is 473. The van der Waals surface area contributed by atoms with Gasteiger partial charge in [0.05, 0.1) is 7.11 Å². The van der Waals surface area contributed by atoms with Crippen molar-refractivity contribution in [1.29, 1.82) is 0 Å². The molecule has 0 aromatic carbocycles. The number of Topliss-reactive ketones (excluding diaryl/α,β-unsaturated/α-hetero) is 1. The van der Waals surface area contributed by atoms with Crippen LogP contribution in [0, 0.1) is 11.8 Å². The number of esters is 1. The molecular weight excluding hydrogens is 367 g/mol. The first kappa shape index (κ1) is 24.3. The maximum absolute atomic E-state index is 11.7. The molecule has 0 amide bonds. The SMILES string of the molecule is COC(=O)CC1CCCCC1.COP(=O)(CC(=O)CC1CCCCC1)OC. The van der Waals surface area contributed by atoms with Gasteiger partial charge < -0.3 is 13.8 Å². The number of rotatable bonds is 8. The number of carbonyl (C=O) groups excluding carboxylic acids is 2. The third kappa shape index (κ3) is 10.4. The van der Waals surface area contributed by atoms with Crippen LogP contribution in [0.15, 0.2) is 0 Å². The summed E-state index contributed by atoms with van der Waals surface area (Å²) in [4.78, 5) is 22.6. The van der Waals surface area contributed by atoms with Crippen molar-refractivity contribution >= 4 is 19.3 Å². The molecule has 6 nitrogen and oxygen atoms in total. The van der Waals surface area contributed by atoms with Crippen LogP contribution >= 0.6 is 7.60 Å². The molecule has 0 spiro atoms. The Labute approximate surface area is 164 Å². The van der Waals surface area contributed by atoms with Crippen LogP contribution < -0.4 is 0 Å². The molecule has 0 N–H and O–H groups in total. The van der Waals surface area contributed by atoms with Crippen molar-refractivity contribution in [3.05, 3.63) is 0 Å². The summed E-state index contributed by atoms with van der Waals surface area (Å²) < 4.78 is 25.9. The molecule has 0 aromatic heterocycles. The lowest BCUT2D eigenvalue weighted by Crippen LogP contribution is -2.15. The van der Waals surface area contributed by atoms with Crippen LogP contribution in [0.5, 0.6) is 0 Å². The van der Waals surface area contributed by atoms with E-state index in [-0.39, 0.29) is 17.9 Å². The van der Waals surface area contributed by atoms with Crippen LogP contribution in [-0.4, -0.2) is 39.2 Å². The van der Waals surface area contributed by atoms with Gasteiger partial charge in [-0.05, 0) is 24.7 Å². The Morgan fingerprint density at radius 1 is 0.778 bits per heavy atom. The normalized spacial score (nSPS) is 19.1. The van der Waals surface area contributed by atoms with Gasteiger partial charge in [-0.25, -0.2) is 0 Å². The molecule has 0 bridgehead atoms. The van der Waals surface area contributed by atoms with Crippen molar-refractivity contribution in [3.63, 3.8) is 0 Å². The first-order valence-corrected chi connectivity index (χ1v) is 11.9. The maximum atomic E-state index is 11.7. The highest BCUT2D eigenvalue weighted by Gasteiger charge is 2.27. The van der Waals surface area contributed by atoms with Crippen LogP contribution in [0.3, 0.4) is 0 Å². The largest absolute Gasteiger partial charge is 0.469 e. The van der Waals surface area contributed by atoms with E-state index < -0.39 is 7.60 Å². The fourth-order valence-electron chi connectivity index (χ4n) is 3.91. The second kappa shape index (κ2) is 13.5. The summed E-state index contributed by atoms with van der Waals surface area (Å²) in [5.41, 5.74) is 0. The van der Waals surface area contributed by atoms with Gasteiger partial charge in [0.2, 0.25) is 0 Å². The Hall–Kier alpha value is -0.710. The molecule has 0 saturated heterocycles. The lowest BCUT2D eigenvalue weighted by Gasteiger charge is -2.21. The first-order valence-electron chi connectivity index (χ1n) is 10.2. The van der Waals surface area contributed by atoms with Crippen molar-refractivity contribution in [3.8, 4) is 0 Å². The molecule has 2 saturated carbocycles. The van der Waals surface area contributed by atoms with Crippen molar-refractivity contribution in [2.24, 2.45) is 11.8 Å². The molecule has 2 rings (SSSR count). The van der Waals surface area contributed by atoms with E-state index in [0.29, 0.717) is 24.7 Å². The Balaban J connectivity index is 0.000000289. The van der Waals surface area contributed by atoms with E-state index in [1.165, 1.54) is 72.7 Å². The molecule has 27 heavy (non-hydrogen) atoms. The first-order chi connectivity index (χ1) is 12.9. The van der Waals surface area contributed by atoms with Gasteiger partial charge in [-0.2, -0.15) is 0 Å². The molecular formula is C20H37O6P. The van der Waals surface area contributed by atoms with Crippen molar-refractivity contribution in [2.75, 3.05) is 27.5 Å². The number of ketones is 1. The van der Waals surface area contributed by atoms with Gasteiger partial charge in [0.1, 0.15) is 11.9 Å². The standard InChI is InChI=1S/C11H21O4P.C9H16O2/c1-14-16(13,15-2)9-11(12)8-10-6-4-3-5-7-10;1-11-9(10)7-8-5-3-2-4-6-8/h10H,3-9H2,1-2H3;8H,2-7H2,1H3. The van der Waals surface area contributed by atoms with Crippen molar-refractivity contribution in [2.45, 2.75) is 77.0 Å². The number of carbonyl (C=O) groups is 2. The van der Waals surface area contributed by atoms with E-state index in [2.05, 4.69) is 4.74 Å². The summed E-state index contributed by atoms with van der Waals surface area (Å²) >= 11 is 0. The van der Waals surface area contributed by atoms with E-state index in [4.69, 9.17) is 9.05 Å². The summed E-state index contributed by atoms with van der Waals surface area (Å²) in [5.74, 6) is 1.04. The molecule has 0 radical (unpaired) electrons. The van der Waals surface area contributed by atoms with Gasteiger partial charge in [0.15, 0.2) is 0 Å². The predicted octanol–water partition coefficient (Wildman–Crippen LogP) is 5.14. The minimum absolute atomic E-state index is 0.000988. The van der Waals surface area contributed by atoms with Gasteiger partial charge in [-0.1, -0.05) is 51.4 Å². The van der Waals surface area contributed by atoms with Crippen LogP contribution in [0.4, 0.5) is 0 Å². The zero-order chi connectivity index (χ0) is 20.1. The Morgan fingerprint density at radius 3 is 1.63 bits per heavy atom. The van der Waals surface area contributed by atoms with Gasteiger partial charge in [0.25, 0.3) is 0 Å². The van der Waals surface area contributed by atoms with Crippen molar-refractivity contribution < 1.29 is 27.9 Å². The second-order valence-electron chi connectivity index (χ2n) is 7.67. The smallest absolute Gasteiger partial charge is 0.337 e. The second-order valence-corrected chi connectivity index (χ2v) is 9.93. The number of hydrogen-bond acceptors (Lipinski definition) is 6. The zero-order valence-corrected chi connectivity index (χ0v) is 18.1. The van der Waals surface area contributed by atoms with Gasteiger partial charge in [0, 0.05) is 27.1 Å². The number of methoxy groups -OCH3 is 1. The summed E-state index contributed by atoms with van der Waals surface area (Å²) in [5, 5.41) is 0. The summed E-state index contributed by atoms with van der Waals surface area (Å²) in [7, 11) is 0.944. The molecule has 0 aliphatic heterocycles. The molecule has 0 aromatic rings. The third-order valence-electron chi connectivity index (χ3n) is 5.58. The lowest BCUT2D eigenvalue weighted by molar-refractivity contribution is -0.142. The molecule has 0 unspecified atom stereocenters. The van der Waals surface area contributed by atoms with Crippen LogP contribution in [0.25, 0.3) is 0 Å². The zero-order valence-electron chi connectivity index (χ0n) is 17.2. The van der Waals surface area contributed by atoms with E-state index in [1.807, 2.05) is 0 Å². The van der Waals surface area contributed by atoms with E-state index in [9.17, 15) is 14.2 Å². The highest BCUT2D eigenvalue weighted by Crippen LogP contribution is 2.46. The average molecular weight is 404 g/mol. The van der Waals surface area contributed by atoms with Crippen LogP contribution in [0.2, 0.25) is 0 Å². The van der Waals surface area contributed by atoms with Crippen LogP contribution in [-0.2, 0) is 27.9 Å². The quantitative estimate of drug-likeness (QED) is 0.412. The highest BCUT2D eigenvalue weighted by atomic mass is 31.2. The minimum atomic E-state index is -3.15. The van der Waals surface area contributed by atoms with Crippen molar-refractivity contribution in [1.82, 2.24) is 0 Å². The van der Waals surface area contributed by atoms with E-state index in [0.717, 1.165) is 12.8 Å². The highest BCUT2D eigenvalue weighted by molar-refractivity contribution is 7.54. The summed E-state index contributed by atoms with van der Waals surface area (Å²) in [6.45, 7) is 0. The molecule has 2 fully saturated rings. The van der Waals surface area contributed by atoms with Crippen LogP contribution in [0.1, 0.15) is 77.0 Å². The Kier molecular flexibility index (Phi) is 12.1. The molecule has 2 aliphatic carbocycles. The summed E-state index contributed by atoms with van der Waals surface area (Å²) in [6.07, 6.45) is 13.4. The molecule has 0 atom stereocenters. The fourth-order valence-corrected chi connectivity index (χ4v) is 4.88. The lowest BCUT2D eigenvalue weighted by atomic mass is 9.86. The fraction of sp³-hybridized carbons (Fsp3) is 0.900. The molecule has 7 heteroatoms. The molecule has 158 valence electrons. The predicted molar refractivity (Wildman–Crippen MR) is 106 cm³/mol. The van der Waals surface area contributed by atoms with Gasteiger partial charge in [-0.15, -0.1) is 0 Å². The monoisotopic (exact) mass is 404 g/mol. The van der Waals surface area contributed by atoms with E-state index in [1.54, 1.807) is 0 Å². The molecule has 0 heterocycles. The number of ether oxygens (including phenoxy) is 1. The number of hydrogen-bond donors (Lipinski definition) is 0. The third-order valence-corrected chi connectivity index (χ3v) is 7.43. The summed E-state index contributed by atoms with van der Waals surface area (Å²) in [6, 6.07) is 0. The maximum Gasteiger partial charge on any atom is 0.337 e. The van der Waals surface area contributed by atoms with Gasteiger partial charge in [-0.3, -0.25) is 14.2 Å².